The summed E-state index contributed by atoms with van der Waals surface area (Å²) in [6.07, 6.45) is 7.30. The van der Waals surface area contributed by atoms with Gasteiger partial charge in [0.1, 0.15) is 5.91 Å². The maximum atomic E-state index is 9.84. The second kappa shape index (κ2) is 11.8. The Hall–Kier alpha value is -0.133. The molecule has 0 aliphatic carbocycles. The molecule has 0 spiro atoms. The summed E-state index contributed by atoms with van der Waals surface area (Å²) in [5.74, 6) is 1.16. The van der Waals surface area contributed by atoms with Gasteiger partial charge in [0.15, 0.2) is 0 Å². The number of aromatic hydroxyl groups is 1. The van der Waals surface area contributed by atoms with Crippen LogP contribution in [0.1, 0.15) is 38.5 Å². The van der Waals surface area contributed by atoms with Crippen LogP contribution in [0, 0.1) is 0 Å². The van der Waals surface area contributed by atoms with Crippen LogP contribution in [0.25, 0.3) is 0 Å². The predicted molar refractivity (Wildman–Crippen MR) is 123 cm³/mol. The predicted octanol–water partition coefficient (Wildman–Crippen LogP) is 5.19. The average molecular weight is 479 g/mol. The Labute approximate surface area is 175 Å². The molecule has 0 aliphatic rings. The van der Waals surface area contributed by atoms with E-state index in [4.69, 9.17) is 14.2 Å². The van der Waals surface area contributed by atoms with Crippen LogP contribution >= 0.6 is 20.8 Å². The molecule has 0 fully saturated rings. The van der Waals surface area contributed by atoms with E-state index in [1.54, 1.807) is 20.3 Å². The summed E-state index contributed by atoms with van der Waals surface area (Å²) in [6, 6.07) is 6.60. The summed E-state index contributed by atoms with van der Waals surface area (Å²) in [5, 5.41) is 8.75. The molecule has 4 nitrogen and oxygen atoms in total. The zero-order valence-corrected chi connectivity index (χ0v) is 20.9. The molecule has 7 heteroatoms. The third-order valence-corrected chi connectivity index (χ3v) is 8.89. The molecule has 27 heavy (non-hydrogen) atoms. The Morgan fingerprint density at radius 1 is 1.00 bits per heavy atom. The molecule has 0 unspecified atom stereocenters. The molecule has 0 bridgehead atoms. The van der Waals surface area contributed by atoms with Crippen LogP contribution in [0.3, 0.4) is 0 Å². The van der Waals surface area contributed by atoms with E-state index in [2.05, 4.69) is 35.5 Å². The Morgan fingerprint density at radius 3 is 2.19 bits per heavy atom. The summed E-state index contributed by atoms with van der Waals surface area (Å²) in [4.78, 5) is 0. The van der Waals surface area contributed by atoms with Gasteiger partial charge in [0.2, 0.25) is 0 Å². The number of ether oxygens (including phenoxy) is 3. The van der Waals surface area contributed by atoms with E-state index in [1.807, 2.05) is 12.1 Å². The van der Waals surface area contributed by atoms with Crippen LogP contribution < -0.4 is 10.0 Å². The van der Waals surface area contributed by atoms with Gasteiger partial charge < -0.3 is 9.47 Å². The fraction of sp³-hybridized carbons (Fsp3) is 0.700. The number of benzene rings is 1. The summed E-state index contributed by atoms with van der Waals surface area (Å²) in [7, 11) is 4.13. The van der Waals surface area contributed by atoms with Crippen molar-refractivity contribution in [3.05, 3.63) is 18.2 Å². The van der Waals surface area contributed by atoms with Gasteiger partial charge in [-0.15, -0.1) is 0 Å². The van der Waals surface area contributed by atoms with Crippen molar-refractivity contribution in [2.24, 2.45) is 0 Å². The van der Waals surface area contributed by atoms with E-state index in [0.29, 0.717) is 5.75 Å². The molecule has 0 atom stereocenters. The third kappa shape index (κ3) is 10.3. The molecule has 0 saturated heterocycles. The van der Waals surface area contributed by atoms with Crippen molar-refractivity contribution in [3.63, 3.8) is 0 Å². The number of phenols is 1. The molecular formula is C20H36BrO4PSi. The molecule has 0 aliphatic heterocycles. The van der Waals surface area contributed by atoms with Gasteiger partial charge >= 0.3 is 146 Å². The van der Waals surface area contributed by atoms with Crippen molar-refractivity contribution in [1.29, 1.82) is 0 Å². The summed E-state index contributed by atoms with van der Waals surface area (Å²) >= 11 is 3.88. The minimum atomic E-state index is -2.18. The molecular weight excluding hydrogens is 443 g/mol. The Morgan fingerprint density at radius 2 is 1.59 bits per heavy atom. The first kappa shape index (κ1) is 24.9. The molecule has 0 saturated carbocycles. The van der Waals surface area contributed by atoms with E-state index in [-0.39, 0.29) is 5.91 Å². The zero-order chi connectivity index (χ0) is 20.4. The topological polar surface area (TPSA) is 47.9 Å². The summed E-state index contributed by atoms with van der Waals surface area (Å²) in [6.45, 7) is 7.34. The zero-order valence-electron chi connectivity index (χ0n) is 17.5. The van der Waals surface area contributed by atoms with E-state index < -0.39 is 5.31 Å². The van der Waals surface area contributed by atoms with Crippen LogP contribution in [-0.4, -0.2) is 61.4 Å². The van der Waals surface area contributed by atoms with Crippen LogP contribution in [0.15, 0.2) is 18.2 Å². The van der Waals surface area contributed by atoms with E-state index in [9.17, 15) is 5.11 Å². The van der Waals surface area contributed by atoms with Gasteiger partial charge in [0, 0.05) is 14.2 Å². The number of hydrogen-bond donors (Lipinski definition) is 1. The van der Waals surface area contributed by atoms with Crippen LogP contribution in [0.4, 0.5) is 0 Å². The fourth-order valence-electron chi connectivity index (χ4n) is 2.82. The second-order valence-corrected chi connectivity index (χ2v) is 22.5. The van der Waals surface area contributed by atoms with Gasteiger partial charge in [0.25, 0.3) is 0 Å². The number of phenolic OH excluding ortho intramolecular Hbond substituents is 1. The average Bonchev–Trinajstić information content (AvgIpc) is 2.59. The Balaban J connectivity index is 2.21. The van der Waals surface area contributed by atoms with E-state index in [0.717, 1.165) is 33.6 Å². The quantitative estimate of drug-likeness (QED) is 0.173. The second-order valence-electron chi connectivity index (χ2n) is 7.98. The number of unbranched alkanes of at least 4 members (excludes halogenated alkanes) is 5. The fourth-order valence-corrected chi connectivity index (χ4v) is 6.12. The maximum absolute atomic E-state index is 9.84. The first-order valence-electron chi connectivity index (χ1n) is 9.62. The van der Waals surface area contributed by atoms with E-state index in [1.165, 1.54) is 38.1 Å². The van der Waals surface area contributed by atoms with E-state index >= 15 is 0 Å². The minimum absolute atomic E-state index is 0.0263. The van der Waals surface area contributed by atoms with Crippen LogP contribution in [0.2, 0.25) is 6.04 Å². The Kier molecular flexibility index (Phi) is 10.9. The molecule has 1 N–H and O–H groups in total. The summed E-state index contributed by atoms with van der Waals surface area (Å²) < 4.78 is 16.5. The molecule has 1 rings (SSSR count). The van der Waals surface area contributed by atoms with Crippen LogP contribution in [0.5, 0.6) is 11.5 Å². The van der Waals surface area contributed by atoms with Crippen molar-refractivity contribution in [2.75, 3.05) is 40.8 Å². The molecule has 156 valence electrons. The molecule has 2 radical (unpaired) electrons. The number of hydrogen-bond acceptors (Lipinski definition) is 4. The molecule has 0 heterocycles. The number of rotatable bonds is 14. The monoisotopic (exact) mass is 478 g/mol. The summed E-state index contributed by atoms with van der Waals surface area (Å²) in [5.41, 5.74) is 0. The first-order valence-corrected chi connectivity index (χ1v) is 16.5. The molecule has 0 aromatic heterocycles. The van der Waals surface area contributed by atoms with Gasteiger partial charge in [-0.2, -0.15) is 0 Å². The van der Waals surface area contributed by atoms with Gasteiger partial charge in [-0.1, -0.05) is 0 Å². The van der Waals surface area contributed by atoms with Gasteiger partial charge in [-0.3, -0.25) is 0 Å². The Bertz CT molecular complexity index is 549. The van der Waals surface area contributed by atoms with Crippen molar-refractivity contribution in [3.8, 4) is 11.5 Å². The third-order valence-electron chi connectivity index (χ3n) is 4.32. The standard InChI is InChI=1S/C20H36BrO4PSi/c1-23-20(24-2)27-15-11-9-7-6-8-10-14-25-18-13-12-17(22)16-19(18)26(3,4,5)21/h12-13,16,20,22H,6-11,14-15H2,1-5H3. The molecule has 1 aromatic rings. The van der Waals surface area contributed by atoms with Gasteiger partial charge in [0.05, 0.1) is 0 Å². The van der Waals surface area contributed by atoms with Gasteiger partial charge in [-0.05, 0) is 0 Å². The van der Waals surface area contributed by atoms with Crippen molar-refractivity contribution < 1.29 is 19.3 Å². The van der Waals surface area contributed by atoms with Crippen LogP contribution in [-0.2, 0) is 9.47 Å². The normalized spacial score (nSPS) is 13.5. The molecule has 1 aromatic carbocycles. The van der Waals surface area contributed by atoms with Crippen molar-refractivity contribution in [1.82, 2.24) is 0 Å². The number of methoxy groups -OCH3 is 2. The van der Waals surface area contributed by atoms with Crippen molar-refractivity contribution in [2.45, 2.75) is 50.5 Å². The van der Waals surface area contributed by atoms with Gasteiger partial charge in [-0.25, -0.2) is 0 Å². The molecule has 0 amide bonds. The first-order chi connectivity index (χ1) is 12.6. The van der Waals surface area contributed by atoms with Crippen molar-refractivity contribution >= 4 is 35.6 Å². The number of halogens is 1. The SMILES string of the molecule is COC(OC)[Si]CCCCCCCCOc1ccc(O)cc1P(C)(C)(C)Br.